The Morgan fingerprint density at radius 3 is 2.56 bits per heavy atom. The molecule has 0 bridgehead atoms. The lowest BCUT2D eigenvalue weighted by Crippen LogP contribution is -2.35. The maximum atomic E-state index is 6.04. The molecule has 0 aromatic carbocycles. The largest absolute Gasteiger partial charge is 0.479 e. The van der Waals surface area contributed by atoms with Gasteiger partial charge in [0.25, 0.3) is 0 Å². The number of methoxy groups -OCH3 is 1. The van der Waals surface area contributed by atoms with Crippen molar-refractivity contribution in [2.45, 2.75) is 38.6 Å². The van der Waals surface area contributed by atoms with Crippen LogP contribution in [0.4, 0.5) is 11.5 Å². The molecule has 2 N–H and O–H groups in total. The molecule has 0 atom stereocenters. The molecule has 100 valence electrons. The van der Waals surface area contributed by atoms with Crippen LogP contribution in [0.2, 0.25) is 0 Å². The second-order valence-electron chi connectivity index (χ2n) is 5.14. The lowest BCUT2D eigenvalue weighted by Gasteiger charge is -2.34. The molecule has 1 saturated carbocycles. The number of aromatic nitrogens is 2. The topological polar surface area (TPSA) is 64.3 Å². The van der Waals surface area contributed by atoms with Crippen LogP contribution < -0.4 is 15.4 Å². The molecular formula is C13H22N4O. The Kier molecular flexibility index (Phi) is 3.89. The Balaban J connectivity index is 2.15. The lowest BCUT2D eigenvalue weighted by molar-refractivity contribution is 0.339. The molecule has 1 aromatic heterocycles. The van der Waals surface area contributed by atoms with E-state index in [1.54, 1.807) is 7.11 Å². The zero-order valence-electron chi connectivity index (χ0n) is 11.4. The second-order valence-corrected chi connectivity index (χ2v) is 5.14. The zero-order valence-corrected chi connectivity index (χ0v) is 11.4. The van der Waals surface area contributed by atoms with Gasteiger partial charge in [0.05, 0.1) is 7.11 Å². The van der Waals surface area contributed by atoms with Gasteiger partial charge in [-0.3, -0.25) is 0 Å². The molecule has 0 unspecified atom stereocenters. The van der Waals surface area contributed by atoms with Crippen molar-refractivity contribution < 1.29 is 4.74 Å². The summed E-state index contributed by atoms with van der Waals surface area (Å²) in [5.74, 6) is 2.07. The minimum absolute atomic E-state index is 0.455. The fraction of sp³-hybridized carbons (Fsp3) is 0.692. The molecule has 5 heteroatoms. The van der Waals surface area contributed by atoms with Gasteiger partial charge in [0, 0.05) is 13.1 Å². The van der Waals surface area contributed by atoms with Gasteiger partial charge in [-0.2, -0.15) is 4.98 Å². The van der Waals surface area contributed by atoms with E-state index in [2.05, 4.69) is 28.8 Å². The third kappa shape index (κ3) is 2.49. The number of hydrogen-bond donors (Lipinski definition) is 1. The summed E-state index contributed by atoms with van der Waals surface area (Å²) in [4.78, 5) is 10.5. The smallest absolute Gasteiger partial charge is 0.242 e. The van der Waals surface area contributed by atoms with Gasteiger partial charge in [0.2, 0.25) is 5.88 Å². The van der Waals surface area contributed by atoms with Crippen LogP contribution in [0, 0.1) is 5.92 Å². The van der Waals surface area contributed by atoms with Crippen LogP contribution in [0.15, 0.2) is 6.33 Å². The van der Waals surface area contributed by atoms with Crippen LogP contribution in [0.3, 0.4) is 0 Å². The molecule has 0 radical (unpaired) electrons. The van der Waals surface area contributed by atoms with Crippen molar-refractivity contribution >= 4 is 11.5 Å². The molecule has 1 aliphatic rings. The van der Waals surface area contributed by atoms with E-state index in [-0.39, 0.29) is 0 Å². The quantitative estimate of drug-likeness (QED) is 0.889. The van der Waals surface area contributed by atoms with E-state index in [0.717, 1.165) is 11.7 Å². The lowest BCUT2D eigenvalue weighted by atomic mass is 9.87. The first-order valence-electron chi connectivity index (χ1n) is 6.50. The van der Waals surface area contributed by atoms with Crippen LogP contribution in [0.1, 0.15) is 32.6 Å². The van der Waals surface area contributed by atoms with E-state index in [0.29, 0.717) is 17.6 Å². The monoisotopic (exact) mass is 250 g/mol. The highest BCUT2D eigenvalue weighted by molar-refractivity contribution is 5.67. The number of nitrogen functional groups attached to an aromatic ring is 1. The van der Waals surface area contributed by atoms with Gasteiger partial charge in [0.1, 0.15) is 12.0 Å². The highest BCUT2D eigenvalue weighted by Crippen LogP contribution is 2.33. The SMILES string of the molecule is COc1ncnc(N(C)C2CCC(C)CC2)c1N. The maximum Gasteiger partial charge on any atom is 0.242 e. The van der Waals surface area contributed by atoms with Gasteiger partial charge >= 0.3 is 0 Å². The third-order valence-corrected chi connectivity index (χ3v) is 3.89. The molecular weight excluding hydrogens is 228 g/mol. The van der Waals surface area contributed by atoms with Crippen LogP contribution in [-0.4, -0.2) is 30.2 Å². The van der Waals surface area contributed by atoms with E-state index in [4.69, 9.17) is 10.5 Å². The summed E-state index contributed by atoms with van der Waals surface area (Å²) in [5, 5.41) is 0. The Bertz CT molecular complexity index is 402. The minimum Gasteiger partial charge on any atom is -0.479 e. The maximum absolute atomic E-state index is 6.04. The Morgan fingerprint density at radius 2 is 1.94 bits per heavy atom. The summed E-state index contributed by atoms with van der Waals surface area (Å²) in [5.41, 5.74) is 6.57. The predicted octanol–water partition coefficient (Wildman–Crippen LogP) is 2.08. The number of anilines is 2. The van der Waals surface area contributed by atoms with Crippen molar-refractivity contribution in [2.75, 3.05) is 24.8 Å². The number of nitrogens with zero attached hydrogens (tertiary/aromatic N) is 3. The van der Waals surface area contributed by atoms with E-state index < -0.39 is 0 Å². The van der Waals surface area contributed by atoms with E-state index in [1.807, 2.05) is 0 Å². The predicted molar refractivity (Wildman–Crippen MR) is 72.8 cm³/mol. The third-order valence-electron chi connectivity index (χ3n) is 3.89. The molecule has 1 aromatic rings. The Labute approximate surface area is 108 Å². The normalized spacial score (nSPS) is 23.7. The van der Waals surface area contributed by atoms with Gasteiger partial charge in [-0.05, 0) is 31.6 Å². The van der Waals surface area contributed by atoms with E-state index in [9.17, 15) is 0 Å². The van der Waals surface area contributed by atoms with Crippen LogP contribution in [0.25, 0.3) is 0 Å². The standard InChI is InChI=1S/C13H22N4O/c1-9-4-6-10(7-5-9)17(2)12-11(14)13(18-3)16-8-15-12/h8-10H,4-7,14H2,1-3H3. The average molecular weight is 250 g/mol. The van der Waals surface area contributed by atoms with E-state index >= 15 is 0 Å². The summed E-state index contributed by atoms with van der Waals surface area (Å²) in [6, 6.07) is 0.517. The summed E-state index contributed by atoms with van der Waals surface area (Å²) in [6.07, 6.45) is 6.45. The summed E-state index contributed by atoms with van der Waals surface area (Å²) in [7, 11) is 3.63. The van der Waals surface area contributed by atoms with Gasteiger partial charge in [-0.15, -0.1) is 0 Å². The minimum atomic E-state index is 0.455. The molecule has 5 nitrogen and oxygen atoms in total. The van der Waals surface area contributed by atoms with Crippen molar-refractivity contribution in [3.63, 3.8) is 0 Å². The van der Waals surface area contributed by atoms with Gasteiger partial charge < -0.3 is 15.4 Å². The summed E-state index contributed by atoms with van der Waals surface area (Å²) < 4.78 is 5.14. The van der Waals surface area contributed by atoms with Gasteiger partial charge in [0.15, 0.2) is 5.82 Å². The fourth-order valence-corrected chi connectivity index (χ4v) is 2.62. The Morgan fingerprint density at radius 1 is 1.28 bits per heavy atom. The van der Waals surface area contributed by atoms with Gasteiger partial charge in [-0.1, -0.05) is 6.92 Å². The molecule has 1 fully saturated rings. The van der Waals surface area contributed by atoms with Crippen LogP contribution >= 0.6 is 0 Å². The molecule has 0 amide bonds. The molecule has 2 rings (SSSR count). The Hall–Kier alpha value is -1.52. The number of nitrogens with two attached hydrogens (primary N) is 1. The first-order valence-corrected chi connectivity index (χ1v) is 6.50. The molecule has 18 heavy (non-hydrogen) atoms. The molecule has 1 heterocycles. The van der Waals surface area contributed by atoms with Crippen LogP contribution in [0.5, 0.6) is 5.88 Å². The molecule has 0 spiro atoms. The summed E-state index contributed by atoms with van der Waals surface area (Å²) >= 11 is 0. The molecule has 0 saturated heterocycles. The summed E-state index contributed by atoms with van der Waals surface area (Å²) in [6.45, 7) is 2.32. The highest BCUT2D eigenvalue weighted by Gasteiger charge is 2.24. The molecule has 1 aliphatic carbocycles. The van der Waals surface area contributed by atoms with E-state index in [1.165, 1.54) is 32.0 Å². The van der Waals surface area contributed by atoms with Crippen LogP contribution in [-0.2, 0) is 0 Å². The highest BCUT2D eigenvalue weighted by atomic mass is 16.5. The first-order chi connectivity index (χ1) is 8.63. The average Bonchev–Trinajstić information content (AvgIpc) is 2.39. The number of rotatable bonds is 3. The fourth-order valence-electron chi connectivity index (χ4n) is 2.62. The van der Waals surface area contributed by atoms with Crippen molar-refractivity contribution in [3.8, 4) is 5.88 Å². The van der Waals surface area contributed by atoms with Gasteiger partial charge in [-0.25, -0.2) is 4.98 Å². The van der Waals surface area contributed by atoms with Crippen molar-refractivity contribution in [2.24, 2.45) is 5.92 Å². The second kappa shape index (κ2) is 5.42. The number of hydrogen-bond acceptors (Lipinski definition) is 5. The van der Waals surface area contributed by atoms with Crippen molar-refractivity contribution in [1.82, 2.24) is 9.97 Å². The zero-order chi connectivity index (χ0) is 13.1. The van der Waals surface area contributed by atoms with Crippen molar-refractivity contribution in [1.29, 1.82) is 0 Å². The molecule has 0 aliphatic heterocycles. The number of ether oxygens (including phenoxy) is 1. The van der Waals surface area contributed by atoms with Crippen molar-refractivity contribution in [3.05, 3.63) is 6.33 Å². The first kappa shape index (κ1) is 12.9.